The van der Waals surface area contributed by atoms with E-state index in [1.165, 1.54) is 49.7 Å². The minimum atomic E-state index is -0.122. The molecule has 0 aliphatic heterocycles. The van der Waals surface area contributed by atoms with Crippen LogP contribution >= 0.6 is 11.6 Å². The van der Waals surface area contributed by atoms with E-state index in [-0.39, 0.29) is 5.54 Å². The third-order valence-corrected chi connectivity index (χ3v) is 5.85. The number of halogens is 1. The highest BCUT2D eigenvalue weighted by Crippen LogP contribution is 2.41. The first-order valence-corrected chi connectivity index (χ1v) is 8.55. The third-order valence-electron chi connectivity index (χ3n) is 5.53. The van der Waals surface area contributed by atoms with Crippen molar-refractivity contribution in [3.05, 3.63) is 34.3 Å². The first-order valence-electron chi connectivity index (χ1n) is 8.17. The van der Waals surface area contributed by atoms with Crippen molar-refractivity contribution < 1.29 is 0 Å². The summed E-state index contributed by atoms with van der Waals surface area (Å²) in [5.41, 5.74) is 9.01. The Labute approximate surface area is 127 Å². The second-order valence-electron chi connectivity index (χ2n) is 7.06. The average Bonchev–Trinajstić information content (AvgIpc) is 2.88. The van der Waals surface area contributed by atoms with Gasteiger partial charge in [-0.2, -0.15) is 0 Å². The van der Waals surface area contributed by atoms with Crippen LogP contribution in [-0.4, -0.2) is 0 Å². The van der Waals surface area contributed by atoms with Gasteiger partial charge in [-0.05, 0) is 54.7 Å². The van der Waals surface area contributed by atoms with Gasteiger partial charge >= 0.3 is 0 Å². The lowest BCUT2D eigenvalue weighted by atomic mass is 9.78. The molecule has 0 amide bonds. The summed E-state index contributed by atoms with van der Waals surface area (Å²) < 4.78 is 0. The van der Waals surface area contributed by atoms with E-state index < -0.39 is 0 Å². The van der Waals surface area contributed by atoms with Crippen molar-refractivity contribution in [1.82, 2.24) is 0 Å². The summed E-state index contributed by atoms with van der Waals surface area (Å²) >= 11 is 6.58. The van der Waals surface area contributed by atoms with Gasteiger partial charge in [0, 0.05) is 10.6 Å². The Morgan fingerprint density at radius 1 is 1.10 bits per heavy atom. The first-order chi connectivity index (χ1) is 9.58. The van der Waals surface area contributed by atoms with Gasteiger partial charge in [-0.15, -0.1) is 0 Å². The molecule has 0 aromatic heterocycles. The van der Waals surface area contributed by atoms with Crippen molar-refractivity contribution in [2.75, 3.05) is 0 Å². The van der Waals surface area contributed by atoms with Gasteiger partial charge in [-0.25, -0.2) is 0 Å². The molecule has 3 rings (SSSR count). The molecule has 0 saturated heterocycles. The maximum Gasteiger partial charge on any atom is 0.0444 e. The third kappa shape index (κ3) is 2.76. The fraction of sp³-hybridized carbons (Fsp3) is 0.667. The summed E-state index contributed by atoms with van der Waals surface area (Å²) in [6.07, 6.45) is 9.94. The van der Waals surface area contributed by atoms with E-state index >= 15 is 0 Å². The summed E-state index contributed by atoms with van der Waals surface area (Å²) in [7, 11) is 0. The van der Waals surface area contributed by atoms with Gasteiger partial charge in [0.25, 0.3) is 0 Å². The molecule has 1 aromatic carbocycles. The Morgan fingerprint density at radius 3 is 2.35 bits per heavy atom. The van der Waals surface area contributed by atoms with Gasteiger partial charge in [0.15, 0.2) is 0 Å². The summed E-state index contributed by atoms with van der Waals surface area (Å²) in [4.78, 5) is 0. The quantitative estimate of drug-likeness (QED) is 0.780. The van der Waals surface area contributed by atoms with Crippen LogP contribution < -0.4 is 5.73 Å². The standard InChI is InChI=1S/C18H26ClN/c1-13-4-6-14(7-5-13)16-9-8-15(12-17(16)19)18(20)10-2-3-11-18/h8-9,12-14H,2-7,10-11,20H2,1H3. The predicted molar refractivity (Wildman–Crippen MR) is 86.2 cm³/mol. The van der Waals surface area contributed by atoms with Crippen molar-refractivity contribution in [3.8, 4) is 0 Å². The molecule has 0 unspecified atom stereocenters. The largest absolute Gasteiger partial charge is 0.321 e. The zero-order chi connectivity index (χ0) is 14.2. The minimum Gasteiger partial charge on any atom is -0.321 e. The highest BCUT2D eigenvalue weighted by Gasteiger charge is 2.32. The molecule has 2 aliphatic rings. The highest BCUT2D eigenvalue weighted by atomic mass is 35.5. The first kappa shape index (κ1) is 14.4. The second kappa shape index (κ2) is 5.69. The normalized spacial score (nSPS) is 29.6. The molecule has 0 heterocycles. The van der Waals surface area contributed by atoms with Crippen LogP contribution in [0.15, 0.2) is 18.2 Å². The SMILES string of the molecule is CC1CCC(c2ccc(C3(N)CCCC3)cc2Cl)CC1. The zero-order valence-corrected chi connectivity index (χ0v) is 13.3. The topological polar surface area (TPSA) is 26.0 Å². The van der Waals surface area contributed by atoms with E-state index in [1.807, 2.05) is 0 Å². The van der Waals surface area contributed by atoms with Crippen LogP contribution in [0, 0.1) is 5.92 Å². The van der Waals surface area contributed by atoms with Crippen molar-refractivity contribution in [2.24, 2.45) is 11.7 Å². The number of rotatable bonds is 2. The smallest absolute Gasteiger partial charge is 0.0444 e. The predicted octanol–water partition coefficient (Wildman–Crippen LogP) is 5.36. The zero-order valence-electron chi connectivity index (χ0n) is 12.5. The van der Waals surface area contributed by atoms with Crippen LogP contribution in [0.1, 0.15) is 75.3 Å². The van der Waals surface area contributed by atoms with E-state index in [1.54, 1.807) is 0 Å². The molecule has 20 heavy (non-hydrogen) atoms. The Morgan fingerprint density at radius 2 is 1.75 bits per heavy atom. The summed E-state index contributed by atoms with van der Waals surface area (Å²) in [6.45, 7) is 2.36. The van der Waals surface area contributed by atoms with Gasteiger partial charge < -0.3 is 5.73 Å². The van der Waals surface area contributed by atoms with Crippen LogP contribution in [0.25, 0.3) is 0 Å². The number of hydrogen-bond donors (Lipinski definition) is 1. The molecule has 2 saturated carbocycles. The maximum absolute atomic E-state index is 6.58. The monoisotopic (exact) mass is 291 g/mol. The molecule has 2 N–H and O–H groups in total. The van der Waals surface area contributed by atoms with Crippen LogP contribution in [0.5, 0.6) is 0 Å². The van der Waals surface area contributed by atoms with Crippen LogP contribution in [0.3, 0.4) is 0 Å². The lowest BCUT2D eigenvalue weighted by molar-refractivity contribution is 0.348. The van der Waals surface area contributed by atoms with Crippen molar-refractivity contribution in [2.45, 2.75) is 69.7 Å². The second-order valence-corrected chi connectivity index (χ2v) is 7.46. The fourth-order valence-corrected chi connectivity index (χ4v) is 4.37. The Balaban J connectivity index is 1.81. The summed E-state index contributed by atoms with van der Waals surface area (Å²) in [6, 6.07) is 6.65. The maximum atomic E-state index is 6.58. The van der Waals surface area contributed by atoms with Crippen LogP contribution in [0.4, 0.5) is 0 Å². The van der Waals surface area contributed by atoms with E-state index in [0.717, 1.165) is 23.8 Å². The summed E-state index contributed by atoms with van der Waals surface area (Å²) in [5, 5.41) is 0.943. The molecule has 0 spiro atoms. The van der Waals surface area contributed by atoms with Crippen molar-refractivity contribution >= 4 is 11.6 Å². The van der Waals surface area contributed by atoms with Crippen molar-refractivity contribution in [1.29, 1.82) is 0 Å². The number of benzene rings is 1. The molecule has 0 atom stereocenters. The van der Waals surface area contributed by atoms with E-state index in [0.29, 0.717) is 5.92 Å². The lowest BCUT2D eigenvalue weighted by Gasteiger charge is -2.29. The molecular formula is C18H26ClN. The van der Waals surface area contributed by atoms with Gasteiger partial charge in [0.1, 0.15) is 0 Å². The molecule has 0 radical (unpaired) electrons. The highest BCUT2D eigenvalue weighted by molar-refractivity contribution is 6.31. The fourth-order valence-electron chi connectivity index (χ4n) is 4.03. The van der Waals surface area contributed by atoms with Gasteiger partial charge in [0.05, 0.1) is 0 Å². The molecule has 110 valence electrons. The van der Waals surface area contributed by atoms with E-state index in [9.17, 15) is 0 Å². The van der Waals surface area contributed by atoms with Crippen LogP contribution in [0.2, 0.25) is 5.02 Å². The van der Waals surface area contributed by atoms with E-state index in [2.05, 4.69) is 25.1 Å². The Kier molecular flexibility index (Phi) is 4.10. The average molecular weight is 292 g/mol. The molecule has 0 bridgehead atoms. The molecular weight excluding hydrogens is 266 g/mol. The molecule has 1 aromatic rings. The molecule has 1 nitrogen and oxygen atoms in total. The molecule has 2 heteroatoms. The summed E-state index contributed by atoms with van der Waals surface area (Å²) in [5.74, 6) is 1.54. The Hall–Kier alpha value is -0.530. The lowest BCUT2D eigenvalue weighted by Crippen LogP contribution is -2.33. The van der Waals surface area contributed by atoms with Gasteiger partial charge in [-0.3, -0.25) is 0 Å². The van der Waals surface area contributed by atoms with Gasteiger partial charge in [0.2, 0.25) is 0 Å². The molecule has 2 fully saturated rings. The van der Waals surface area contributed by atoms with Gasteiger partial charge in [-0.1, -0.05) is 56.3 Å². The number of nitrogens with two attached hydrogens (primary N) is 1. The minimum absolute atomic E-state index is 0.122. The van der Waals surface area contributed by atoms with E-state index in [4.69, 9.17) is 17.3 Å². The number of hydrogen-bond acceptors (Lipinski definition) is 1. The van der Waals surface area contributed by atoms with Crippen molar-refractivity contribution in [3.63, 3.8) is 0 Å². The molecule has 2 aliphatic carbocycles. The van der Waals surface area contributed by atoms with Crippen LogP contribution in [-0.2, 0) is 5.54 Å². The Bertz CT molecular complexity index is 468.